The summed E-state index contributed by atoms with van der Waals surface area (Å²) in [4.78, 5) is 10.8. The third-order valence-electron chi connectivity index (χ3n) is 3.48. The predicted octanol–water partition coefficient (Wildman–Crippen LogP) is 2.18. The minimum absolute atomic E-state index is 0.337. The number of esters is 1. The van der Waals surface area contributed by atoms with Gasteiger partial charge in [0.15, 0.2) is 0 Å². The monoisotopic (exact) mass is 263 g/mol. The molecule has 0 radical (unpaired) electrons. The molecule has 4 heteroatoms. The Morgan fingerprint density at radius 2 is 2.00 bits per heavy atom. The van der Waals surface area contributed by atoms with E-state index in [1.165, 1.54) is 32.6 Å². The summed E-state index contributed by atoms with van der Waals surface area (Å²) in [5.41, 5.74) is 0.835. The topological polar surface area (TPSA) is 58.6 Å². The lowest BCUT2D eigenvalue weighted by Crippen LogP contribution is -2.30. The van der Waals surface area contributed by atoms with Gasteiger partial charge in [0.1, 0.15) is 5.75 Å². The van der Waals surface area contributed by atoms with Crippen LogP contribution in [0, 0.1) is 0 Å². The van der Waals surface area contributed by atoms with Gasteiger partial charge in [0.2, 0.25) is 0 Å². The molecule has 104 valence electrons. The van der Waals surface area contributed by atoms with Crippen LogP contribution in [0.3, 0.4) is 0 Å². The summed E-state index contributed by atoms with van der Waals surface area (Å²) < 4.78 is 4.95. The molecule has 1 fully saturated rings. The fraction of sp³-hybridized carbons (Fsp3) is 0.533. The molecule has 1 unspecified atom stereocenters. The van der Waals surface area contributed by atoms with Gasteiger partial charge in [0.05, 0.1) is 6.10 Å². The first-order chi connectivity index (χ1) is 9.15. The Morgan fingerprint density at radius 1 is 1.37 bits per heavy atom. The van der Waals surface area contributed by atoms with E-state index in [1.807, 2.05) is 0 Å². The SMILES string of the molecule is CC(=O)Oc1ccc(C(O)CNC2CCCC2)cc1. The first-order valence-electron chi connectivity index (χ1n) is 6.85. The number of aliphatic hydroxyl groups excluding tert-OH is 1. The zero-order valence-corrected chi connectivity index (χ0v) is 11.3. The summed E-state index contributed by atoms with van der Waals surface area (Å²) in [5, 5.41) is 13.5. The van der Waals surface area contributed by atoms with E-state index >= 15 is 0 Å². The minimum Gasteiger partial charge on any atom is -0.427 e. The van der Waals surface area contributed by atoms with Crippen molar-refractivity contribution < 1.29 is 14.6 Å². The smallest absolute Gasteiger partial charge is 0.308 e. The number of hydrogen-bond donors (Lipinski definition) is 2. The van der Waals surface area contributed by atoms with E-state index in [-0.39, 0.29) is 5.97 Å². The molecule has 0 saturated heterocycles. The van der Waals surface area contributed by atoms with Crippen molar-refractivity contribution >= 4 is 5.97 Å². The van der Waals surface area contributed by atoms with E-state index in [0.29, 0.717) is 18.3 Å². The number of carbonyl (C=O) groups excluding carboxylic acids is 1. The van der Waals surface area contributed by atoms with Crippen molar-refractivity contribution in [2.75, 3.05) is 6.54 Å². The second-order valence-corrected chi connectivity index (χ2v) is 5.07. The maximum atomic E-state index is 10.8. The molecule has 1 aliphatic carbocycles. The van der Waals surface area contributed by atoms with Crippen molar-refractivity contribution in [3.63, 3.8) is 0 Å². The highest BCUT2D eigenvalue weighted by molar-refractivity contribution is 5.69. The first kappa shape index (κ1) is 14.0. The summed E-state index contributed by atoms with van der Waals surface area (Å²) in [6.07, 6.45) is 4.46. The molecular weight excluding hydrogens is 242 g/mol. The van der Waals surface area contributed by atoms with Crippen molar-refractivity contribution in [3.8, 4) is 5.75 Å². The average Bonchev–Trinajstić information content (AvgIpc) is 2.89. The Bertz CT molecular complexity index is 410. The zero-order chi connectivity index (χ0) is 13.7. The minimum atomic E-state index is -0.521. The molecule has 1 atom stereocenters. The largest absolute Gasteiger partial charge is 0.427 e. The van der Waals surface area contributed by atoms with Crippen molar-refractivity contribution in [1.82, 2.24) is 5.32 Å². The summed E-state index contributed by atoms with van der Waals surface area (Å²) in [5.74, 6) is 0.170. The van der Waals surface area contributed by atoms with Crippen LogP contribution in [-0.2, 0) is 4.79 Å². The van der Waals surface area contributed by atoms with Crippen molar-refractivity contribution in [2.45, 2.75) is 44.8 Å². The maximum absolute atomic E-state index is 10.8. The molecule has 0 bridgehead atoms. The molecule has 19 heavy (non-hydrogen) atoms. The first-order valence-corrected chi connectivity index (χ1v) is 6.85. The molecule has 1 aromatic carbocycles. The summed E-state index contributed by atoms with van der Waals surface area (Å²) in [6.45, 7) is 1.94. The van der Waals surface area contributed by atoms with Gasteiger partial charge in [-0.05, 0) is 30.5 Å². The van der Waals surface area contributed by atoms with Crippen LogP contribution < -0.4 is 10.1 Å². The highest BCUT2D eigenvalue weighted by Gasteiger charge is 2.16. The normalized spacial score (nSPS) is 17.4. The van der Waals surface area contributed by atoms with Gasteiger partial charge in [-0.15, -0.1) is 0 Å². The molecule has 0 amide bonds. The highest BCUT2D eigenvalue weighted by atomic mass is 16.5. The lowest BCUT2D eigenvalue weighted by molar-refractivity contribution is -0.131. The van der Waals surface area contributed by atoms with Gasteiger partial charge in [-0.1, -0.05) is 25.0 Å². The second kappa shape index (κ2) is 6.68. The Labute approximate surface area is 113 Å². The Kier molecular flexibility index (Phi) is 4.93. The summed E-state index contributed by atoms with van der Waals surface area (Å²) in [6, 6.07) is 7.54. The average molecular weight is 263 g/mol. The van der Waals surface area contributed by atoms with E-state index in [9.17, 15) is 9.90 Å². The van der Waals surface area contributed by atoms with Gasteiger partial charge in [-0.25, -0.2) is 0 Å². The molecule has 0 aromatic heterocycles. The number of ether oxygens (including phenoxy) is 1. The van der Waals surface area contributed by atoms with Crippen LogP contribution in [0.5, 0.6) is 5.75 Å². The van der Waals surface area contributed by atoms with Crippen LogP contribution in [0.25, 0.3) is 0 Å². The number of rotatable bonds is 5. The molecule has 4 nitrogen and oxygen atoms in total. The van der Waals surface area contributed by atoms with Gasteiger partial charge < -0.3 is 15.2 Å². The fourth-order valence-corrected chi connectivity index (χ4v) is 2.45. The van der Waals surface area contributed by atoms with E-state index in [1.54, 1.807) is 24.3 Å². The molecular formula is C15H21NO3. The van der Waals surface area contributed by atoms with Crippen LogP contribution in [-0.4, -0.2) is 23.7 Å². The van der Waals surface area contributed by atoms with E-state index in [4.69, 9.17) is 4.74 Å². The fourth-order valence-electron chi connectivity index (χ4n) is 2.45. The summed E-state index contributed by atoms with van der Waals surface area (Å²) in [7, 11) is 0. The predicted molar refractivity (Wildman–Crippen MR) is 73.0 cm³/mol. The quantitative estimate of drug-likeness (QED) is 0.631. The van der Waals surface area contributed by atoms with E-state index in [2.05, 4.69) is 5.32 Å². The van der Waals surface area contributed by atoms with Gasteiger partial charge in [0, 0.05) is 19.5 Å². The van der Waals surface area contributed by atoms with Crippen LogP contribution in [0.4, 0.5) is 0 Å². The lowest BCUT2D eigenvalue weighted by atomic mass is 10.1. The van der Waals surface area contributed by atoms with Gasteiger partial charge in [0.25, 0.3) is 0 Å². The Hall–Kier alpha value is -1.39. The van der Waals surface area contributed by atoms with Crippen LogP contribution in [0.1, 0.15) is 44.3 Å². The number of nitrogens with one attached hydrogen (secondary N) is 1. The maximum Gasteiger partial charge on any atom is 0.308 e. The number of benzene rings is 1. The second-order valence-electron chi connectivity index (χ2n) is 5.07. The van der Waals surface area contributed by atoms with Gasteiger partial charge in [-0.2, -0.15) is 0 Å². The molecule has 1 aliphatic rings. The Balaban J connectivity index is 1.84. The summed E-state index contributed by atoms with van der Waals surface area (Å²) >= 11 is 0. The van der Waals surface area contributed by atoms with Crippen LogP contribution in [0.2, 0.25) is 0 Å². The van der Waals surface area contributed by atoms with Crippen molar-refractivity contribution in [1.29, 1.82) is 0 Å². The van der Waals surface area contributed by atoms with Crippen LogP contribution >= 0.6 is 0 Å². The standard InChI is InChI=1S/C15H21NO3/c1-11(17)19-14-8-6-12(7-9-14)15(18)10-16-13-4-2-3-5-13/h6-9,13,15-16,18H,2-5,10H2,1H3. The van der Waals surface area contributed by atoms with Crippen molar-refractivity contribution in [3.05, 3.63) is 29.8 Å². The molecule has 2 rings (SSSR count). The third-order valence-corrected chi connectivity index (χ3v) is 3.48. The van der Waals surface area contributed by atoms with Crippen LogP contribution in [0.15, 0.2) is 24.3 Å². The lowest BCUT2D eigenvalue weighted by Gasteiger charge is -2.16. The van der Waals surface area contributed by atoms with Crippen molar-refractivity contribution in [2.24, 2.45) is 0 Å². The van der Waals surface area contributed by atoms with E-state index < -0.39 is 6.10 Å². The Morgan fingerprint density at radius 3 is 2.58 bits per heavy atom. The molecule has 0 heterocycles. The number of hydrogen-bond acceptors (Lipinski definition) is 4. The molecule has 1 aromatic rings. The van der Waals surface area contributed by atoms with Gasteiger partial charge in [-0.3, -0.25) is 4.79 Å². The zero-order valence-electron chi connectivity index (χ0n) is 11.3. The third kappa shape index (κ3) is 4.33. The molecule has 2 N–H and O–H groups in total. The number of aliphatic hydroxyl groups is 1. The number of carbonyl (C=O) groups is 1. The molecule has 0 aliphatic heterocycles. The highest BCUT2D eigenvalue weighted by Crippen LogP contribution is 2.20. The van der Waals surface area contributed by atoms with Gasteiger partial charge >= 0.3 is 5.97 Å². The molecule has 0 spiro atoms. The molecule has 1 saturated carbocycles. The van der Waals surface area contributed by atoms with E-state index in [0.717, 1.165) is 5.56 Å².